The molecular weight excluding hydrogens is 214 g/mol. The van der Waals surface area contributed by atoms with Gasteiger partial charge in [0.15, 0.2) is 11.6 Å². The van der Waals surface area contributed by atoms with Gasteiger partial charge < -0.3 is 5.11 Å². The van der Waals surface area contributed by atoms with E-state index in [0.29, 0.717) is 18.4 Å². The first-order valence-electron chi connectivity index (χ1n) is 5.17. The molecule has 1 atom stereocenters. The van der Waals surface area contributed by atoms with Gasteiger partial charge in [-0.2, -0.15) is 0 Å². The van der Waals surface area contributed by atoms with Crippen molar-refractivity contribution in [2.75, 3.05) is 0 Å². The molecule has 0 saturated carbocycles. The summed E-state index contributed by atoms with van der Waals surface area (Å²) < 4.78 is 25.6. The highest BCUT2D eigenvalue weighted by molar-refractivity contribution is 5.66. The molecule has 0 aliphatic carbocycles. The maximum Gasteiger partial charge on any atom is 0.303 e. The number of carboxylic acids is 1. The first-order chi connectivity index (χ1) is 7.50. The quantitative estimate of drug-likeness (QED) is 0.839. The molecule has 4 heteroatoms. The standard InChI is InChI=1S/C12H14F2O2/c1-8(3-2-4-12(15)16)9-5-6-10(13)11(14)7-9/h5-8H,2-4H2,1H3,(H,15,16). The van der Waals surface area contributed by atoms with Gasteiger partial charge in [-0.1, -0.05) is 13.0 Å². The molecule has 1 aromatic rings. The Morgan fingerprint density at radius 3 is 2.62 bits per heavy atom. The molecule has 16 heavy (non-hydrogen) atoms. The largest absolute Gasteiger partial charge is 0.481 e. The highest BCUT2D eigenvalue weighted by Gasteiger charge is 2.09. The van der Waals surface area contributed by atoms with E-state index in [2.05, 4.69) is 0 Å². The molecule has 0 aromatic heterocycles. The molecule has 2 nitrogen and oxygen atoms in total. The zero-order valence-corrected chi connectivity index (χ0v) is 9.04. The van der Waals surface area contributed by atoms with E-state index in [-0.39, 0.29) is 12.3 Å². The fourth-order valence-corrected chi connectivity index (χ4v) is 1.55. The van der Waals surface area contributed by atoms with Crippen LogP contribution in [0.1, 0.15) is 37.7 Å². The molecule has 0 aliphatic heterocycles. The smallest absolute Gasteiger partial charge is 0.303 e. The summed E-state index contributed by atoms with van der Waals surface area (Å²) in [4.78, 5) is 10.3. The first kappa shape index (κ1) is 12.6. The molecule has 0 amide bonds. The Morgan fingerprint density at radius 2 is 2.06 bits per heavy atom. The molecule has 0 aliphatic rings. The van der Waals surface area contributed by atoms with Gasteiger partial charge in [0.1, 0.15) is 0 Å². The highest BCUT2D eigenvalue weighted by atomic mass is 19.2. The van der Waals surface area contributed by atoms with Gasteiger partial charge in [-0.05, 0) is 36.5 Å². The van der Waals surface area contributed by atoms with Crippen LogP contribution in [0.25, 0.3) is 0 Å². The van der Waals surface area contributed by atoms with Crippen molar-refractivity contribution < 1.29 is 18.7 Å². The van der Waals surface area contributed by atoms with Crippen molar-refractivity contribution in [3.63, 3.8) is 0 Å². The number of hydrogen-bond acceptors (Lipinski definition) is 1. The van der Waals surface area contributed by atoms with Gasteiger partial charge in [-0.25, -0.2) is 8.78 Å². The summed E-state index contributed by atoms with van der Waals surface area (Å²) in [5.41, 5.74) is 0.698. The lowest BCUT2D eigenvalue weighted by Gasteiger charge is -2.11. The first-order valence-corrected chi connectivity index (χ1v) is 5.17. The van der Waals surface area contributed by atoms with Crippen molar-refractivity contribution in [3.05, 3.63) is 35.4 Å². The van der Waals surface area contributed by atoms with Crippen LogP contribution in [0, 0.1) is 11.6 Å². The second kappa shape index (κ2) is 5.58. The van der Waals surface area contributed by atoms with Gasteiger partial charge in [-0.15, -0.1) is 0 Å². The second-order valence-corrected chi connectivity index (χ2v) is 3.86. The van der Waals surface area contributed by atoms with Crippen molar-refractivity contribution in [2.45, 2.75) is 32.1 Å². The number of carboxylic acid groups (broad SMARTS) is 1. The van der Waals surface area contributed by atoms with E-state index >= 15 is 0 Å². The van der Waals surface area contributed by atoms with E-state index in [4.69, 9.17) is 5.11 Å². The van der Waals surface area contributed by atoms with Crippen LogP contribution in [-0.4, -0.2) is 11.1 Å². The molecule has 0 radical (unpaired) electrons. The Hall–Kier alpha value is -1.45. The van der Waals surface area contributed by atoms with Crippen molar-refractivity contribution in [2.24, 2.45) is 0 Å². The third kappa shape index (κ3) is 3.61. The zero-order chi connectivity index (χ0) is 12.1. The van der Waals surface area contributed by atoms with Crippen LogP contribution < -0.4 is 0 Å². The maximum atomic E-state index is 12.9. The predicted octanol–water partition coefficient (Wildman–Crippen LogP) is 3.32. The molecule has 0 heterocycles. The van der Waals surface area contributed by atoms with E-state index in [1.165, 1.54) is 12.1 Å². The minimum atomic E-state index is -0.860. The summed E-state index contributed by atoms with van der Waals surface area (Å²) in [6, 6.07) is 3.79. The second-order valence-electron chi connectivity index (χ2n) is 3.86. The van der Waals surface area contributed by atoms with Crippen LogP contribution in [0.5, 0.6) is 0 Å². The molecule has 1 aromatic carbocycles. The van der Waals surface area contributed by atoms with Crippen LogP contribution in [0.15, 0.2) is 18.2 Å². The Bertz CT molecular complexity index is 377. The van der Waals surface area contributed by atoms with Gasteiger partial charge in [-0.3, -0.25) is 4.79 Å². The fraction of sp³-hybridized carbons (Fsp3) is 0.417. The summed E-state index contributed by atoms with van der Waals surface area (Å²) in [6.07, 6.45) is 1.29. The molecule has 0 spiro atoms. The zero-order valence-electron chi connectivity index (χ0n) is 9.04. The number of halogens is 2. The lowest BCUT2D eigenvalue weighted by atomic mass is 9.95. The molecule has 1 unspecified atom stereocenters. The van der Waals surface area contributed by atoms with Crippen molar-refractivity contribution in [1.82, 2.24) is 0 Å². The highest BCUT2D eigenvalue weighted by Crippen LogP contribution is 2.22. The molecule has 1 rings (SSSR count). The van der Waals surface area contributed by atoms with E-state index in [0.717, 1.165) is 6.07 Å². The molecule has 0 fully saturated rings. The topological polar surface area (TPSA) is 37.3 Å². The lowest BCUT2D eigenvalue weighted by molar-refractivity contribution is -0.137. The normalized spacial score (nSPS) is 12.4. The third-order valence-electron chi connectivity index (χ3n) is 2.54. The van der Waals surface area contributed by atoms with Gasteiger partial charge in [0.05, 0.1) is 0 Å². The number of benzene rings is 1. The van der Waals surface area contributed by atoms with Crippen LogP contribution in [0.3, 0.4) is 0 Å². The van der Waals surface area contributed by atoms with Crippen LogP contribution in [0.4, 0.5) is 8.78 Å². The van der Waals surface area contributed by atoms with E-state index in [1.807, 2.05) is 6.92 Å². The Kier molecular flexibility index (Phi) is 4.40. The summed E-state index contributed by atoms with van der Waals surface area (Å²) in [6.45, 7) is 1.87. The van der Waals surface area contributed by atoms with Crippen LogP contribution in [0.2, 0.25) is 0 Å². The molecule has 88 valence electrons. The average molecular weight is 228 g/mol. The molecule has 0 saturated heterocycles. The maximum absolute atomic E-state index is 12.9. The lowest BCUT2D eigenvalue weighted by Crippen LogP contribution is -1.99. The van der Waals surface area contributed by atoms with Crippen LogP contribution >= 0.6 is 0 Å². The van der Waals surface area contributed by atoms with Gasteiger partial charge in [0, 0.05) is 6.42 Å². The summed E-state index contributed by atoms with van der Waals surface area (Å²) in [5, 5.41) is 8.47. The van der Waals surface area contributed by atoms with Crippen molar-refractivity contribution >= 4 is 5.97 Å². The minimum absolute atomic E-state index is 0.0365. The summed E-state index contributed by atoms with van der Waals surface area (Å²) in [5.74, 6) is -2.52. The number of hydrogen-bond donors (Lipinski definition) is 1. The fourth-order valence-electron chi connectivity index (χ4n) is 1.55. The Morgan fingerprint density at radius 1 is 1.38 bits per heavy atom. The molecule has 1 N–H and O–H groups in total. The van der Waals surface area contributed by atoms with Crippen molar-refractivity contribution in [1.29, 1.82) is 0 Å². The van der Waals surface area contributed by atoms with E-state index in [1.54, 1.807) is 0 Å². The van der Waals surface area contributed by atoms with E-state index < -0.39 is 17.6 Å². The van der Waals surface area contributed by atoms with Gasteiger partial charge in [0.2, 0.25) is 0 Å². The summed E-state index contributed by atoms with van der Waals surface area (Å²) >= 11 is 0. The molecule has 0 bridgehead atoms. The summed E-state index contributed by atoms with van der Waals surface area (Å²) in [7, 11) is 0. The monoisotopic (exact) mass is 228 g/mol. The average Bonchev–Trinajstić information content (AvgIpc) is 2.21. The van der Waals surface area contributed by atoms with Gasteiger partial charge >= 0.3 is 5.97 Å². The number of aliphatic carboxylic acids is 1. The number of carbonyl (C=O) groups is 1. The minimum Gasteiger partial charge on any atom is -0.481 e. The third-order valence-corrected chi connectivity index (χ3v) is 2.54. The van der Waals surface area contributed by atoms with Crippen molar-refractivity contribution in [3.8, 4) is 0 Å². The molecular formula is C12H14F2O2. The van der Waals surface area contributed by atoms with Crippen LogP contribution in [-0.2, 0) is 4.79 Å². The Labute approximate surface area is 92.9 Å². The van der Waals surface area contributed by atoms with E-state index in [9.17, 15) is 13.6 Å². The SMILES string of the molecule is CC(CCCC(=O)O)c1ccc(F)c(F)c1. The predicted molar refractivity (Wildman–Crippen MR) is 56.3 cm³/mol. The van der Waals surface area contributed by atoms with Gasteiger partial charge in [0.25, 0.3) is 0 Å². The number of rotatable bonds is 5. The Balaban J connectivity index is 2.55.